The summed E-state index contributed by atoms with van der Waals surface area (Å²) in [6.45, 7) is 10.5. The molecule has 1 aromatic rings. The highest BCUT2D eigenvalue weighted by Gasteiger charge is 2.18. The molecule has 3 nitrogen and oxygen atoms in total. The zero-order valence-corrected chi connectivity index (χ0v) is 10.3. The maximum absolute atomic E-state index is 5.95. The van der Waals surface area contributed by atoms with Crippen LogP contribution in [0.25, 0.3) is 0 Å². The second kappa shape index (κ2) is 4.27. The van der Waals surface area contributed by atoms with E-state index in [0.29, 0.717) is 0 Å². The summed E-state index contributed by atoms with van der Waals surface area (Å²) in [7, 11) is 0. The molecule has 84 valence electrons. The number of nitrogens with two attached hydrogens (primary N) is 1. The molecule has 1 rings (SSSR count). The van der Waals surface area contributed by atoms with Crippen LogP contribution < -0.4 is 5.73 Å². The molecular weight excluding hydrogens is 186 g/mol. The van der Waals surface area contributed by atoms with Crippen molar-refractivity contribution in [3.05, 3.63) is 23.3 Å². The van der Waals surface area contributed by atoms with Crippen LogP contribution in [0.3, 0.4) is 0 Å². The Morgan fingerprint density at radius 1 is 1.33 bits per heavy atom. The van der Waals surface area contributed by atoms with Crippen LogP contribution in [-0.4, -0.2) is 9.97 Å². The van der Waals surface area contributed by atoms with Crippen LogP contribution in [0.15, 0.2) is 6.07 Å². The van der Waals surface area contributed by atoms with E-state index in [1.807, 2.05) is 19.9 Å². The number of aryl methyl sites for hydroxylation is 1. The minimum absolute atomic E-state index is 0.0500. The molecule has 1 aromatic heterocycles. The summed E-state index contributed by atoms with van der Waals surface area (Å²) in [4.78, 5) is 8.92. The molecule has 1 atom stereocenters. The first-order valence-electron chi connectivity index (χ1n) is 5.46. The predicted octanol–water partition coefficient (Wildman–Crippen LogP) is 2.49. The predicted molar refractivity (Wildman–Crippen MR) is 62.7 cm³/mol. The summed E-state index contributed by atoms with van der Waals surface area (Å²) in [5.74, 6) is 0.766. The average Bonchev–Trinajstić information content (AvgIpc) is 2.14. The Morgan fingerprint density at radius 2 is 1.93 bits per heavy atom. The molecule has 0 aromatic carbocycles. The molecule has 1 heterocycles. The number of aromatic nitrogens is 2. The lowest BCUT2D eigenvalue weighted by Gasteiger charge is -2.20. The van der Waals surface area contributed by atoms with Gasteiger partial charge < -0.3 is 5.73 Å². The van der Waals surface area contributed by atoms with Gasteiger partial charge in [0, 0.05) is 16.8 Å². The van der Waals surface area contributed by atoms with Gasteiger partial charge in [0.15, 0.2) is 0 Å². The SMILES string of the molecule is CCC(N)c1nc(C)cc(C(C)(C)C)n1. The van der Waals surface area contributed by atoms with Gasteiger partial charge in [-0.05, 0) is 19.4 Å². The van der Waals surface area contributed by atoms with Gasteiger partial charge in [-0.2, -0.15) is 0 Å². The lowest BCUT2D eigenvalue weighted by molar-refractivity contribution is 0.548. The minimum atomic E-state index is -0.0500. The Balaban J connectivity index is 3.17. The fraction of sp³-hybridized carbons (Fsp3) is 0.667. The van der Waals surface area contributed by atoms with E-state index >= 15 is 0 Å². The number of rotatable bonds is 2. The van der Waals surface area contributed by atoms with Crippen molar-refractivity contribution in [2.75, 3.05) is 0 Å². The van der Waals surface area contributed by atoms with E-state index in [1.165, 1.54) is 0 Å². The highest BCUT2D eigenvalue weighted by atomic mass is 14.9. The molecule has 0 aliphatic carbocycles. The first-order valence-corrected chi connectivity index (χ1v) is 5.46. The minimum Gasteiger partial charge on any atom is -0.321 e. The Morgan fingerprint density at radius 3 is 2.40 bits per heavy atom. The van der Waals surface area contributed by atoms with Crippen molar-refractivity contribution in [3.63, 3.8) is 0 Å². The molecule has 0 aliphatic heterocycles. The molecular formula is C12H21N3. The van der Waals surface area contributed by atoms with Gasteiger partial charge in [0.2, 0.25) is 0 Å². The number of hydrogen-bond acceptors (Lipinski definition) is 3. The third kappa shape index (κ3) is 2.99. The molecule has 3 heteroatoms. The monoisotopic (exact) mass is 207 g/mol. The van der Waals surface area contributed by atoms with Crippen LogP contribution in [0.2, 0.25) is 0 Å². The molecule has 0 aliphatic rings. The summed E-state index contributed by atoms with van der Waals surface area (Å²) in [5, 5.41) is 0. The number of hydrogen-bond donors (Lipinski definition) is 1. The van der Waals surface area contributed by atoms with Crippen molar-refractivity contribution < 1.29 is 0 Å². The third-order valence-corrected chi connectivity index (χ3v) is 2.41. The van der Waals surface area contributed by atoms with E-state index < -0.39 is 0 Å². The van der Waals surface area contributed by atoms with E-state index in [2.05, 4.69) is 30.7 Å². The van der Waals surface area contributed by atoms with Gasteiger partial charge in [-0.1, -0.05) is 27.7 Å². The smallest absolute Gasteiger partial charge is 0.145 e. The van der Waals surface area contributed by atoms with Crippen molar-refractivity contribution in [2.24, 2.45) is 5.73 Å². The zero-order valence-electron chi connectivity index (χ0n) is 10.3. The van der Waals surface area contributed by atoms with E-state index in [-0.39, 0.29) is 11.5 Å². The van der Waals surface area contributed by atoms with Crippen molar-refractivity contribution >= 4 is 0 Å². The quantitative estimate of drug-likeness (QED) is 0.810. The normalized spacial score (nSPS) is 14.0. The van der Waals surface area contributed by atoms with Gasteiger partial charge in [0.25, 0.3) is 0 Å². The summed E-state index contributed by atoms with van der Waals surface area (Å²) in [6, 6.07) is 1.98. The first kappa shape index (κ1) is 12.1. The van der Waals surface area contributed by atoms with Crippen LogP contribution in [0.1, 0.15) is 57.4 Å². The molecule has 0 saturated carbocycles. The van der Waals surface area contributed by atoms with Crippen LogP contribution in [0.5, 0.6) is 0 Å². The standard InChI is InChI=1S/C12H21N3/c1-6-9(13)11-14-8(2)7-10(15-11)12(3,4)5/h7,9H,6,13H2,1-5H3. The molecule has 2 N–H and O–H groups in total. The van der Waals surface area contributed by atoms with Gasteiger partial charge in [0.1, 0.15) is 5.82 Å². The summed E-state index contributed by atoms with van der Waals surface area (Å²) < 4.78 is 0. The van der Waals surface area contributed by atoms with Crippen LogP contribution in [0.4, 0.5) is 0 Å². The van der Waals surface area contributed by atoms with Crippen molar-refractivity contribution in [1.82, 2.24) is 9.97 Å². The van der Waals surface area contributed by atoms with E-state index in [0.717, 1.165) is 23.6 Å². The average molecular weight is 207 g/mol. The number of nitrogens with zero attached hydrogens (tertiary/aromatic N) is 2. The van der Waals surface area contributed by atoms with Gasteiger partial charge in [-0.25, -0.2) is 9.97 Å². The lowest BCUT2D eigenvalue weighted by Crippen LogP contribution is -2.20. The molecule has 0 saturated heterocycles. The second-order valence-corrected chi connectivity index (χ2v) is 5.02. The fourth-order valence-electron chi connectivity index (χ4n) is 1.32. The van der Waals surface area contributed by atoms with Crippen LogP contribution in [-0.2, 0) is 5.41 Å². The van der Waals surface area contributed by atoms with Crippen molar-refractivity contribution in [1.29, 1.82) is 0 Å². The highest BCUT2D eigenvalue weighted by Crippen LogP contribution is 2.22. The van der Waals surface area contributed by atoms with Gasteiger partial charge in [-0.15, -0.1) is 0 Å². The Labute approximate surface area is 92.1 Å². The first-order chi connectivity index (χ1) is 6.84. The molecule has 1 unspecified atom stereocenters. The maximum atomic E-state index is 5.95. The maximum Gasteiger partial charge on any atom is 0.145 e. The molecule has 15 heavy (non-hydrogen) atoms. The van der Waals surface area contributed by atoms with E-state index in [4.69, 9.17) is 5.73 Å². The van der Waals surface area contributed by atoms with Crippen LogP contribution in [0, 0.1) is 6.92 Å². The summed E-state index contributed by atoms with van der Waals surface area (Å²) in [6.07, 6.45) is 0.868. The Bertz CT molecular complexity index is 339. The Kier molecular flexibility index (Phi) is 3.45. The van der Waals surface area contributed by atoms with Gasteiger partial charge in [-0.3, -0.25) is 0 Å². The zero-order chi connectivity index (χ0) is 11.6. The largest absolute Gasteiger partial charge is 0.321 e. The van der Waals surface area contributed by atoms with E-state index in [1.54, 1.807) is 0 Å². The van der Waals surface area contributed by atoms with Gasteiger partial charge in [0.05, 0.1) is 6.04 Å². The lowest BCUT2D eigenvalue weighted by atomic mass is 9.91. The second-order valence-electron chi connectivity index (χ2n) is 5.02. The third-order valence-electron chi connectivity index (χ3n) is 2.41. The fourth-order valence-corrected chi connectivity index (χ4v) is 1.32. The molecule has 0 fully saturated rings. The van der Waals surface area contributed by atoms with Gasteiger partial charge >= 0.3 is 0 Å². The molecule has 0 radical (unpaired) electrons. The van der Waals surface area contributed by atoms with E-state index in [9.17, 15) is 0 Å². The van der Waals surface area contributed by atoms with Crippen molar-refractivity contribution in [2.45, 2.75) is 52.5 Å². The molecule has 0 spiro atoms. The molecule has 0 bridgehead atoms. The molecule has 0 amide bonds. The summed E-state index contributed by atoms with van der Waals surface area (Å²) in [5.41, 5.74) is 8.06. The topological polar surface area (TPSA) is 51.8 Å². The Hall–Kier alpha value is -0.960. The highest BCUT2D eigenvalue weighted by molar-refractivity contribution is 5.18. The van der Waals surface area contributed by atoms with Crippen LogP contribution >= 0.6 is 0 Å². The van der Waals surface area contributed by atoms with Crippen molar-refractivity contribution in [3.8, 4) is 0 Å². The summed E-state index contributed by atoms with van der Waals surface area (Å²) >= 11 is 0.